The smallest absolute Gasteiger partial charge is 0.0490 e. The van der Waals surface area contributed by atoms with Crippen molar-refractivity contribution in [2.45, 2.75) is 39.0 Å². The number of hydrogen-bond donors (Lipinski definition) is 0. The molecule has 0 spiro atoms. The zero-order valence-electron chi connectivity index (χ0n) is 9.34. The minimum Gasteiger partial charge on any atom is -0.385 e. The predicted octanol–water partition coefficient (Wildman–Crippen LogP) is 2.87. The van der Waals surface area contributed by atoms with E-state index in [0.717, 1.165) is 19.1 Å². The quantitative estimate of drug-likeness (QED) is 0.678. The molecule has 1 aliphatic rings. The fraction of sp³-hybridized carbons (Fsp3) is 1.00. The SMILES string of the molecule is CCOC.COCC1CCCCC1. The molecule has 1 saturated carbocycles. The molecule has 0 aromatic heterocycles. The van der Waals surface area contributed by atoms with Crippen molar-refractivity contribution >= 4 is 0 Å². The first kappa shape index (κ1) is 12.9. The second-order valence-electron chi connectivity index (χ2n) is 3.54. The lowest BCUT2D eigenvalue weighted by atomic mass is 9.90. The van der Waals surface area contributed by atoms with Gasteiger partial charge in [0.1, 0.15) is 0 Å². The molecule has 1 aliphatic carbocycles. The van der Waals surface area contributed by atoms with Crippen LogP contribution in [-0.4, -0.2) is 27.4 Å². The van der Waals surface area contributed by atoms with Gasteiger partial charge >= 0.3 is 0 Å². The molecule has 0 aromatic carbocycles. The van der Waals surface area contributed by atoms with Crippen LogP contribution < -0.4 is 0 Å². The van der Waals surface area contributed by atoms with Crippen molar-refractivity contribution in [3.63, 3.8) is 0 Å². The first-order valence-electron chi connectivity index (χ1n) is 5.33. The van der Waals surface area contributed by atoms with Crippen LogP contribution in [0.3, 0.4) is 0 Å². The molecule has 0 radical (unpaired) electrons. The molecule has 0 amide bonds. The standard InChI is InChI=1S/C8H16O.C3H8O/c1-9-7-8-5-3-2-4-6-8;1-3-4-2/h8H,2-7H2,1H3;3H2,1-2H3. The van der Waals surface area contributed by atoms with Crippen LogP contribution in [0.15, 0.2) is 0 Å². The Morgan fingerprint density at radius 3 is 1.92 bits per heavy atom. The van der Waals surface area contributed by atoms with E-state index in [2.05, 4.69) is 4.74 Å². The summed E-state index contributed by atoms with van der Waals surface area (Å²) in [7, 11) is 3.48. The van der Waals surface area contributed by atoms with Gasteiger partial charge in [0.05, 0.1) is 0 Å². The lowest BCUT2D eigenvalue weighted by molar-refractivity contribution is 0.131. The largest absolute Gasteiger partial charge is 0.385 e. The summed E-state index contributed by atoms with van der Waals surface area (Å²) in [5, 5.41) is 0. The maximum atomic E-state index is 5.08. The van der Waals surface area contributed by atoms with E-state index in [1.54, 1.807) is 14.2 Å². The van der Waals surface area contributed by atoms with E-state index in [1.807, 2.05) is 6.92 Å². The van der Waals surface area contributed by atoms with E-state index in [1.165, 1.54) is 32.1 Å². The number of methoxy groups -OCH3 is 2. The fourth-order valence-corrected chi connectivity index (χ4v) is 1.59. The summed E-state index contributed by atoms with van der Waals surface area (Å²) in [4.78, 5) is 0. The predicted molar refractivity (Wildman–Crippen MR) is 56.0 cm³/mol. The molecule has 0 aromatic rings. The van der Waals surface area contributed by atoms with Gasteiger partial charge < -0.3 is 9.47 Å². The Morgan fingerprint density at radius 2 is 1.54 bits per heavy atom. The van der Waals surface area contributed by atoms with Crippen LogP contribution in [0.25, 0.3) is 0 Å². The molecule has 0 saturated heterocycles. The fourth-order valence-electron chi connectivity index (χ4n) is 1.59. The molecule has 0 heterocycles. The molecule has 0 N–H and O–H groups in total. The lowest BCUT2D eigenvalue weighted by Crippen LogP contribution is -2.11. The zero-order chi connectivity index (χ0) is 9.94. The van der Waals surface area contributed by atoms with Crippen LogP contribution in [0.5, 0.6) is 0 Å². The van der Waals surface area contributed by atoms with E-state index < -0.39 is 0 Å². The molecule has 0 unspecified atom stereocenters. The lowest BCUT2D eigenvalue weighted by Gasteiger charge is -2.19. The van der Waals surface area contributed by atoms with Crippen LogP contribution in [0.2, 0.25) is 0 Å². The molecular formula is C11H24O2. The highest BCUT2D eigenvalue weighted by molar-refractivity contribution is 4.64. The van der Waals surface area contributed by atoms with Crippen LogP contribution in [0, 0.1) is 5.92 Å². The van der Waals surface area contributed by atoms with Gasteiger partial charge in [0.15, 0.2) is 0 Å². The Balaban J connectivity index is 0.000000310. The first-order chi connectivity index (χ1) is 6.35. The maximum absolute atomic E-state index is 5.08. The van der Waals surface area contributed by atoms with Crippen molar-refractivity contribution in [2.75, 3.05) is 27.4 Å². The van der Waals surface area contributed by atoms with Crippen molar-refractivity contribution < 1.29 is 9.47 Å². The Bertz CT molecular complexity index is 83.3. The van der Waals surface area contributed by atoms with Gasteiger partial charge in [-0.1, -0.05) is 19.3 Å². The van der Waals surface area contributed by atoms with Gasteiger partial charge in [-0.25, -0.2) is 0 Å². The van der Waals surface area contributed by atoms with Crippen LogP contribution >= 0.6 is 0 Å². The van der Waals surface area contributed by atoms with Gasteiger partial charge in [-0.3, -0.25) is 0 Å². The molecule has 13 heavy (non-hydrogen) atoms. The van der Waals surface area contributed by atoms with Crippen molar-refractivity contribution in [1.29, 1.82) is 0 Å². The Morgan fingerprint density at radius 1 is 1.00 bits per heavy atom. The highest BCUT2D eigenvalue weighted by atomic mass is 16.5. The minimum atomic E-state index is 0.819. The summed E-state index contributed by atoms with van der Waals surface area (Å²) in [5.41, 5.74) is 0. The average Bonchev–Trinajstić information content (AvgIpc) is 2.20. The maximum Gasteiger partial charge on any atom is 0.0490 e. The third-order valence-electron chi connectivity index (χ3n) is 2.42. The second kappa shape index (κ2) is 10.0. The van der Waals surface area contributed by atoms with E-state index in [-0.39, 0.29) is 0 Å². The van der Waals surface area contributed by atoms with Gasteiger partial charge in [-0.15, -0.1) is 0 Å². The molecule has 2 heteroatoms. The van der Waals surface area contributed by atoms with Gasteiger partial charge in [0.2, 0.25) is 0 Å². The monoisotopic (exact) mass is 188 g/mol. The van der Waals surface area contributed by atoms with Gasteiger partial charge in [-0.05, 0) is 25.7 Å². The van der Waals surface area contributed by atoms with Crippen LogP contribution in [0.1, 0.15) is 39.0 Å². The molecule has 0 atom stereocenters. The number of rotatable bonds is 3. The summed E-state index contributed by atoms with van der Waals surface area (Å²) in [6.45, 7) is 3.76. The average molecular weight is 188 g/mol. The molecule has 1 rings (SSSR count). The van der Waals surface area contributed by atoms with Crippen molar-refractivity contribution in [1.82, 2.24) is 0 Å². The van der Waals surface area contributed by atoms with Crippen molar-refractivity contribution in [3.8, 4) is 0 Å². The third-order valence-corrected chi connectivity index (χ3v) is 2.42. The zero-order valence-corrected chi connectivity index (χ0v) is 9.34. The first-order valence-corrected chi connectivity index (χ1v) is 5.33. The molecular weight excluding hydrogens is 164 g/mol. The minimum absolute atomic E-state index is 0.819. The Labute approximate surface area is 82.6 Å². The third kappa shape index (κ3) is 8.26. The van der Waals surface area contributed by atoms with Crippen molar-refractivity contribution in [3.05, 3.63) is 0 Å². The number of hydrogen-bond acceptors (Lipinski definition) is 2. The summed E-state index contributed by atoms with van der Waals surface area (Å²) in [6, 6.07) is 0. The highest BCUT2D eigenvalue weighted by Gasteiger charge is 2.11. The van der Waals surface area contributed by atoms with Gasteiger partial charge in [0.25, 0.3) is 0 Å². The van der Waals surface area contributed by atoms with Gasteiger partial charge in [-0.2, -0.15) is 0 Å². The van der Waals surface area contributed by atoms with Gasteiger partial charge in [0, 0.05) is 27.4 Å². The second-order valence-corrected chi connectivity index (χ2v) is 3.54. The van der Waals surface area contributed by atoms with Crippen LogP contribution in [-0.2, 0) is 9.47 Å². The normalized spacial score (nSPS) is 17.8. The topological polar surface area (TPSA) is 18.5 Å². The highest BCUT2D eigenvalue weighted by Crippen LogP contribution is 2.23. The summed E-state index contributed by atoms with van der Waals surface area (Å²) < 4.78 is 9.62. The van der Waals surface area contributed by atoms with E-state index in [9.17, 15) is 0 Å². The van der Waals surface area contributed by atoms with E-state index in [0.29, 0.717) is 0 Å². The molecule has 0 bridgehead atoms. The summed E-state index contributed by atoms with van der Waals surface area (Å²) in [5.74, 6) is 0.878. The van der Waals surface area contributed by atoms with E-state index in [4.69, 9.17) is 4.74 Å². The Kier molecular flexibility index (Phi) is 9.94. The summed E-state index contributed by atoms with van der Waals surface area (Å²) >= 11 is 0. The van der Waals surface area contributed by atoms with E-state index >= 15 is 0 Å². The molecule has 80 valence electrons. The number of ether oxygens (including phenoxy) is 2. The molecule has 1 fully saturated rings. The summed E-state index contributed by atoms with van der Waals surface area (Å²) in [6.07, 6.45) is 7.09. The molecule has 2 nitrogen and oxygen atoms in total. The van der Waals surface area contributed by atoms with Crippen molar-refractivity contribution in [2.24, 2.45) is 5.92 Å². The molecule has 0 aliphatic heterocycles. The Hall–Kier alpha value is -0.0800. The van der Waals surface area contributed by atoms with Crippen LogP contribution in [0.4, 0.5) is 0 Å².